The summed E-state index contributed by atoms with van der Waals surface area (Å²) in [7, 11) is 0. The summed E-state index contributed by atoms with van der Waals surface area (Å²) < 4.78 is 0. The van der Waals surface area contributed by atoms with Crippen molar-refractivity contribution in [2.45, 2.75) is 20.3 Å². The highest BCUT2D eigenvalue weighted by molar-refractivity contribution is 6.31. The van der Waals surface area contributed by atoms with Gasteiger partial charge in [0, 0.05) is 0 Å². The van der Waals surface area contributed by atoms with Crippen molar-refractivity contribution in [1.29, 1.82) is 0 Å². The summed E-state index contributed by atoms with van der Waals surface area (Å²) in [5.74, 6) is -0.714. The number of carbonyl (C=O) groups is 2. The number of hydrogen-bond donors (Lipinski definition) is 1. The van der Waals surface area contributed by atoms with Crippen LogP contribution < -0.4 is 10.4 Å². The van der Waals surface area contributed by atoms with E-state index in [2.05, 4.69) is 12.3 Å². The lowest BCUT2D eigenvalue weighted by molar-refractivity contribution is -0.117. The highest BCUT2D eigenvalue weighted by Gasteiger charge is 2.34. The Balaban J connectivity index is 1.88. The monoisotopic (exact) mass is 306 g/mol. The second-order valence-corrected chi connectivity index (χ2v) is 5.57. The molecule has 0 atom stereocenters. The van der Waals surface area contributed by atoms with Crippen molar-refractivity contribution in [3.63, 3.8) is 0 Å². The van der Waals surface area contributed by atoms with Crippen LogP contribution in [0.3, 0.4) is 0 Å². The predicted molar refractivity (Wildman–Crippen MR) is 90.6 cm³/mol. The molecule has 0 aliphatic carbocycles. The molecule has 1 saturated heterocycles. The van der Waals surface area contributed by atoms with Crippen molar-refractivity contribution in [2.75, 3.05) is 5.01 Å². The Morgan fingerprint density at radius 3 is 2.26 bits per heavy atom. The van der Waals surface area contributed by atoms with Crippen LogP contribution in [0.5, 0.6) is 0 Å². The van der Waals surface area contributed by atoms with Gasteiger partial charge in [0.05, 0.1) is 5.69 Å². The van der Waals surface area contributed by atoms with Crippen molar-refractivity contribution in [3.8, 4) is 0 Å². The molecule has 1 fully saturated rings. The Kier molecular flexibility index (Phi) is 3.98. The summed E-state index contributed by atoms with van der Waals surface area (Å²) in [4.78, 5) is 24.6. The van der Waals surface area contributed by atoms with Gasteiger partial charge in [0.25, 0.3) is 11.8 Å². The number of hydrazine groups is 1. The fraction of sp³-hybridized carbons (Fsp3) is 0.158. The highest BCUT2D eigenvalue weighted by atomic mass is 16.2. The molecule has 0 unspecified atom stereocenters. The first-order valence-corrected chi connectivity index (χ1v) is 7.61. The molecule has 23 heavy (non-hydrogen) atoms. The molecular weight excluding hydrogens is 288 g/mol. The summed E-state index contributed by atoms with van der Waals surface area (Å²) in [6, 6.07) is 15.3. The van der Waals surface area contributed by atoms with Gasteiger partial charge in [-0.05, 0) is 42.7 Å². The summed E-state index contributed by atoms with van der Waals surface area (Å²) in [5, 5.41) is 1.29. The van der Waals surface area contributed by atoms with E-state index in [9.17, 15) is 9.59 Å². The molecule has 4 nitrogen and oxygen atoms in total. The molecule has 4 heteroatoms. The molecule has 1 heterocycles. The lowest BCUT2D eigenvalue weighted by Gasteiger charge is -2.14. The SMILES string of the molecule is CCc1ccc(/C=C2/C(=O)NN(c3ccc(C)cc3)C2=O)cc1. The van der Waals surface area contributed by atoms with Crippen LogP contribution in [-0.4, -0.2) is 11.8 Å². The molecule has 0 radical (unpaired) electrons. The van der Waals surface area contributed by atoms with E-state index in [0.29, 0.717) is 5.69 Å². The lowest BCUT2D eigenvalue weighted by atomic mass is 10.1. The molecule has 0 aromatic heterocycles. The van der Waals surface area contributed by atoms with Gasteiger partial charge >= 0.3 is 0 Å². The van der Waals surface area contributed by atoms with E-state index in [1.807, 2.05) is 55.5 Å². The Bertz CT molecular complexity index is 774. The number of carbonyl (C=O) groups excluding carboxylic acids is 2. The predicted octanol–water partition coefficient (Wildman–Crippen LogP) is 3.02. The van der Waals surface area contributed by atoms with Gasteiger partial charge in [-0.15, -0.1) is 0 Å². The van der Waals surface area contributed by atoms with Crippen molar-refractivity contribution in [3.05, 3.63) is 70.8 Å². The topological polar surface area (TPSA) is 49.4 Å². The van der Waals surface area contributed by atoms with Gasteiger partial charge in [0.15, 0.2) is 0 Å². The molecule has 1 aliphatic heterocycles. The summed E-state index contributed by atoms with van der Waals surface area (Å²) in [6.07, 6.45) is 2.59. The van der Waals surface area contributed by atoms with E-state index in [-0.39, 0.29) is 17.4 Å². The van der Waals surface area contributed by atoms with E-state index >= 15 is 0 Å². The molecule has 116 valence electrons. The molecule has 2 aromatic rings. The molecule has 0 bridgehead atoms. The smallest absolute Gasteiger partial charge is 0.267 e. The van der Waals surface area contributed by atoms with Crippen LogP contribution in [0.15, 0.2) is 54.1 Å². The summed E-state index contributed by atoms with van der Waals surface area (Å²) >= 11 is 0. The third kappa shape index (κ3) is 3.01. The number of benzene rings is 2. The Hall–Kier alpha value is -2.88. The van der Waals surface area contributed by atoms with Gasteiger partial charge in [-0.25, -0.2) is 5.01 Å². The number of nitrogens with zero attached hydrogens (tertiary/aromatic N) is 1. The zero-order valence-electron chi connectivity index (χ0n) is 13.2. The van der Waals surface area contributed by atoms with Gasteiger partial charge in [-0.1, -0.05) is 48.9 Å². The molecule has 2 amide bonds. The van der Waals surface area contributed by atoms with Gasteiger partial charge < -0.3 is 0 Å². The van der Waals surface area contributed by atoms with Crippen LogP contribution in [0, 0.1) is 6.92 Å². The second kappa shape index (κ2) is 6.08. The van der Waals surface area contributed by atoms with E-state index < -0.39 is 0 Å². The number of amides is 2. The first-order chi connectivity index (χ1) is 11.1. The quantitative estimate of drug-likeness (QED) is 0.700. The van der Waals surface area contributed by atoms with Gasteiger partial charge in [-0.2, -0.15) is 0 Å². The third-order valence-corrected chi connectivity index (χ3v) is 3.88. The average molecular weight is 306 g/mol. The van der Waals surface area contributed by atoms with E-state index in [1.165, 1.54) is 10.6 Å². The second-order valence-electron chi connectivity index (χ2n) is 5.57. The minimum atomic E-state index is -0.379. The lowest BCUT2D eigenvalue weighted by Crippen LogP contribution is -2.35. The van der Waals surface area contributed by atoms with E-state index in [1.54, 1.807) is 6.08 Å². The molecular formula is C19H18N2O2. The Morgan fingerprint density at radius 2 is 1.65 bits per heavy atom. The molecule has 3 rings (SSSR count). The first-order valence-electron chi connectivity index (χ1n) is 7.61. The number of nitrogens with one attached hydrogen (secondary N) is 1. The molecule has 2 aromatic carbocycles. The maximum Gasteiger partial charge on any atom is 0.282 e. The minimum Gasteiger partial charge on any atom is -0.267 e. The zero-order chi connectivity index (χ0) is 16.4. The van der Waals surface area contributed by atoms with Crippen molar-refractivity contribution >= 4 is 23.6 Å². The first kappa shape index (κ1) is 15.0. The number of aryl methyl sites for hydroxylation is 2. The normalized spacial score (nSPS) is 16.1. The van der Waals surface area contributed by atoms with Gasteiger partial charge in [0.1, 0.15) is 5.57 Å². The van der Waals surface area contributed by atoms with Crippen LogP contribution in [0.4, 0.5) is 5.69 Å². The molecule has 1 N–H and O–H groups in total. The van der Waals surface area contributed by atoms with Crippen LogP contribution in [0.1, 0.15) is 23.6 Å². The number of hydrogen-bond acceptors (Lipinski definition) is 2. The molecule has 0 saturated carbocycles. The highest BCUT2D eigenvalue weighted by Crippen LogP contribution is 2.22. The minimum absolute atomic E-state index is 0.148. The zero-order valence-corrected chi connectivity index (χ0v) is 13.2. The average Bonchev–Trinajstić information content (AvgIpc) is 2.84. The van der Waals surface area contributed by atoms with Crippen LogP contribution in [0.25, 0.3) is 6.08 Å². The fourth-order valence-electron chi connectivity index (χ4n) is 2.45. The molecule has 0 spiro atoms. The van der Waals surface area contributed by atoms with Crippen LogP contribution in [-0.2, 0) is 16.0 Å². The Morgan fingerprint density at radius 1 is 1.00 bits per heavy atom. The van der Waals surface area contributed by atoms with Crippen molar-refractivity contribution < 1.29 is 9.59 Å². The maximum absolute atomic E-state index is 12.5. The van der Waals surface area contributed by atoms with Crippen molar-refractivity contribution in [2.24, 2.45) is 0 Å². The van der Waals surface area contributed by atoms with Crippen LogP contribution in [0.2, 0.25) is 0 Å². The largest absolute Gasteiger partial charge is 0.282 e. The number of anilines is 1. The van der Waals surface area contributed by atoms with E-state index in [4.69, 9.17) is 0 Å². The third-order valence-electron chi connectivity index (χ3n) is 3.88. The fourth-order valence-corrected chi connectivity index (χ4v) is 2.45. The van der Waals surface area contributed by atoms with Gasteiger partial charge in [-0.3, -0.25) is 15.0 Å². The standard InChI is InChI=1S/C19H18N2O2/c1-3-14-6-8-15(9-7-14)12-17-18(22)20-21(19(17)23)16-10-4-13(2)5-11-16/h4-12H,3H2,1-2H3,(H,20,22)/b17-12-. The Labute approximate surface area is 135 Å². The molecule has 1 aliphatic rings. The summed E-state index contributed by atoms with van der Waals surface area (Å²) in [6.45, 7) is 4.06. The summed E-state index contributed by atoms with van der Waals surface area (Å²) in [5.41, 5.74) is 6.56. The van der Waals surface area contributed by atoms with Crippen molar-refractivity contribution in [1.82, 2.24) is 5.43 Å². The van der Waals surface area contributed by atoms with E-state index in [0.717, 1.165) is 17.5 Å². The van der Waals surface area contributed by atoms with Crippen LogP contribution >= 0.6 is 0 Å². The van der Waals surface area contributed by atoms with Gasteiger partial charge in [0.2, 0.25) is 0 Å². The maximum atomic E-state index is 12.5. The number of rotatable bonds is 3.